The Morgan fingerprint density at radius 1 is 1.62 bits per heavy atom. The summed E-state index contributed by atoms with van der Waals surface area (Å²) in [5.74, 6) is -0.184. The lowest BCUT2D eigenvalue weighted by atomic mass is 10.3. The van der Waals surface area contributed by atoms with E-state index < -0.39 is 0 Å². The molecule has 2 rings (SSSR count). The van der Waals surface area contributed by atoms with Crippen LogP contribution >= 0.6 is 11.5 Å². The largest absolute Gasteiger partial charge is 0.318 e. The number of aryl methyl sites for hydroxylation is 2. The molecule has 1 amide bonds. The summed E-state index contributed by atoms with van der Waals surface area (Å²) in [6, 6.07) is 0. The number of hydrogen-bond acceptors (Lipinski definition) is 5. The standard InChI is InChI=1S/C9H11N5OS/c1-3-6-8(16-14-13-6)9(15)11-7-4-10-12-5(7)2/h4H,3H2,1-2H3,(H,10,12)(H,11,15). The van der Waals surface area contributed by atoms with E-state index in [4.69, 9.17) is 0 Å². The highest BCUT2D eigenvalue weighted by Gasteiger charge is 2.16. The van der Waals surface area contributed by atoms with Gasteiger partial charge in [0.15, 0.2) is 0 Å². The molecule has 2 aromatic rings. The SMILES string of the molecule is CCc1nnsc1C(=O)Nc1cn[nH]c1C. The van der Waals surface area contributed by atoms with Crippen LogP contribution in [0.2, 0.25) is 0 Å². The van der Waals surface area contributed by atoms with Crippen molar-refractivity contribution in [2.24, 2.45) is 0 Å². The summed E-state index contributed by atoms with van der Waals surface area (Å²) in [6.07, 6.45) is 2.27. The van der Waals surface area contributed by atoms with Gasteiger partial charge in [0.1, 0.15) is 4.88 Å². The molecule has 0 spiro atoms. The van der Waals surface area contributed by atoms with Gasteiger partial charge in [-0.3, -0.25) is 9.89 Å². The van der Waals surface area contributed by atoms with Crippen LogP contribution < -0.4 is 5.32 Å². The van der Waals surface area contributed by atoms with Gasteiger partial charge in [-0.15, -0.1) is 5.10 Å². The van der Waals surface area contributed by atoms with Crippen molar-refractivity contribution in [2.75, 3.05) is 5.32 Å². The summed E-state index contributed by atoms with van der Waals surface area (Å²) in [7, 11) is 0. The van der Waals surface area contributed by atoms with Crippen LogP contribution in [0.3, 0.4) is 0 Å². The molecule has 6 nitrogen and oxygen atoms in total. The smallest absolute Gasteiger partial charge is 0.269 e. The topological polar surface area (TPSA) is 83.6 Å². The molecule has 0 saturated carbocycles. The van der Waals surface area contributed by atoms with Crippen LogP contribution in [0.4, 0.5) is 5.69 Å². The van der Waals surface area contributed by atoms with E-state index >= 15 is 0 Å². The van der Waals surface area contributed by atoms with Gasteiger partial charge >= 0.3 is 0 Å². The van der Waals surface area contributed by atoms with Gasteiger partial charge in [0.2, 0.25) is 0 Å². The number of carbonyl (C=O) groups excluding carboxylic acids is 1. The van der Waals surface area contributed by atoms with Crippen molar-refractivity contribution in [3.63, 3.8) is 0 Å². The van der Waals surface area contributed by atoms with E-state index in [1.807, 2.05) is 13.8 Å². The molecule has 0 aliphatic heterocycles. The number of nitrogens with zero attached hydrogens (tertiary/aromatic N) is 3. The van der Waals surface area contributed by atoms with Crippen LogP contribution in [-0.4, -0.2) is 25.7 Å². The fraction of sp³-hybridized carbons (Fsp3) is 0.333. The highest BCUT2D eigenvalue weighted by atomic mass is 32.1. The molecule has 84 valence electrons. The summed E-state index contributed by atoms with van der Waals surface area (Å²) < 4.78 is 3.77. The lowest BCUT2D eigenvalue weighted by molar-refractivity contribution is 0.102. The summed E-state index contributed by atoms with van der Waals surface area (Å²) >= 11 is 1.11. The average molecular weight is 237 g/mol. The Labute approximate surface area is 96.2 Å². The number of amides is 1. The Kier molecular flexibility index (Phi) is 2.95. The summed E-state index contributed by atoms with van der Waals surface area (Å²) in [5.41, 5.74) is 2.23. The molecule has 0 radical (unpaired) electrons. The molecule has 7 heteroatoms. The molecule has 0 atom stereocenters. The van der Waals surface area contributed by atoms with Crippen molar-refractivity contribution < 1.29 is 4.79 Å². The number of aromatic nitrogens is 4. The van der Waals surface area contributed by atoms with Gasteiger partial charge in [0, 0.05) is 0 Å². The first-order chi connectivity index (χ1) is 7.72. The molecule has 0 aliphatic rings. The lowest BCUT2D eigenvalue weighted by Crippen LogP contribution is -2.12. The molecule has 0 fully saturated rings. The second-order valence-corrected chi connectivity index (χ2v) is 4.02. The number of hydrogen-bond donors (Lipinski definition) is 2. The third-order valence-corrected chi connectivity index (χ3v) is 2.94. The second-order valence-electron chi connectivity index (χ2n) is 3.27. The molecule has 0 unspecified atom stereocenters. The van der Waals surface area contributed by atoms with E-state index in [0.717, 1.165) is 22.9 Å². The molecule has 0 saturated heterocycles. The summed E-state index contributed by atoms with van der Waals surface area (Å²) in [4.78, 5) is 12.4. The minimum atomic E-state index is -0.184. The monoisotopic (exact) mass is 237 g/mol. The zero-order valence-electron chi connectivity index (χ0n) is 8.94. The van der Waals surface area contributed by atoms with Crippen LogP contribution in [0.25, 0.3) is 0 Å². The van der Waals surface area contributed by atoms with E-state index in [0.29, 0.717) is 17.0 Å². The van der Waals surface area contributed by atoms with E-state index in [9.17, 15) is 4.79 Å². The number of anilines is 1. The maximum Gasteiger partial charge on any atom is 0.269 e. The van der Waals surface area contributed by atoms with Crippen LogP contribution in [0.1, 0.15) is 28.0 Å². The van der Waals surface area contributed by atoms with Crippen molar-refractivity contribution in [3.05, 3.63) is 22.5 Å². The highest BCUT2D eigenvalue weighted by molar-refractivity contribution is 7.08. The molecular formula is C9H11N5OS. The Hall–Kier alpha value is -1.76. The first kappa shape index (κ1) is 10.7. The van der Waals surface area contributed by atoms with E-state index in [1.165, 1.54) is 0 Å². The van der Waals surface area contributed by atoms with Crippen LogP contribution in [0.15, 0.2) is 6.20 Å². The van der Waals surface area contributed by atoms with Crippen molar-refractivity contribution in [1.29, 1.82) is 0 Å². The minimum Gasteiger partial charge on any atom is -0.318 e. The number of aromatic amines is 1. The predicted molar refractivity (Wildman–Crippen MR) is 60.6 cm³/mol. The summed E-state index contributed by atoms with van der Waals surface area (Å²) in [6.45, 7) is 3.78. The van der Waals surface area contributed by atoms with Gasteiger partial charge in [-0.1, -0.05) is 11.4 Å². The van der Waals surface area contributed by atoms with Crippen molar-refractivity contribution in [3.8, 4) is 0 Å². The quantitative estimate of drug-likeness (QED) is 0.844. The molecule has 0 aromatic carbocycles. The first-order valence-electron chi connectivity index (χ1n) is 4.85. The molecular weight excluding hydrogens is 226 g/mol. The molecule has 2 aromatic heterocycles. The third-order valence-electron chi connectivity index (χ3n) is 2.17. The molecule has 0 aliphatic carbocycles. The Balaban J connectivity index is 2.18. The van der Waals surface area contributed by atoms with E-state index in [1.54, 1.807) is 6.20 Å². The van der Waals surface area contributed by atoms with Crippen molar-refractivity contribution in [1.82, 2.24) is 19.8 Å². The van der Waals surface area contributed by atoms with Crippen molar-refractivity contribution in [2.45, 2.75) is 20.3 Å². The van der Waals surface area contributed by atoms with Gasteiger partial charge in [-0.25, -0.2) is 0 Å². The molecule has 2 heterocycles. The Bertz CT molecular complexity index is 503. The van der Waals surface area contributed by atoms with Crippen LogP contribution in [0, 0.1) is 6.92 Å². The highest BCUT2D eigenvalue weighted by Crippen LogP contribution is 2.15. The van der Waals surface area contributed by atoms with E-state index in [2.05, 4.69) is 25.1 Å². The zero-order chi connectivity index (χ0) is 11.5. The lowest BCUT2D eigenvalue weighted by Gasteiger charge is -2.01. The fourth-order valence-corrected chi connectivity index (χ4v) is 1.91. The average Bonchev–Trinajstić information content (AvgIpc) is 2.87. The number of carbonyl (C=O) groups is 1. The first-order valence-corrected chi connectivity index (χ1v) is 5.62. The van der Waals surface area contributed by atoms with Crippen molar-refractivity contribution >= 4 is 23.1 Å². The van der Waals surface area contributed by atoms with Crippen LogP contribution in [0.5, 0.6) is 0 Å². The fourth-order valence-electron chi connectivity index (χ4n) is 1.27. The van der Waals surface area contributed by atoms with Gasteiger partial charge in [-0.05, 0) is 24.9 Å². The molecule has 0 bridgehead atoms. The van der Waals surface area contributed by atoms with Gasteiger partial charge in [-0.2, -0.15) is 5.10 Å². The Morgan fingerprint density at radius 3 is 3.06 bits per heavy atom. The van der Waals surface area contributed by atoms with Crippen LogP contribution in [-0.2, 0) is 6.42 Å². The number of H-pyrrole nitrogens is 1. The third kappa shape index (κ3) is 1.94. The zero-order valence-corrected chi connectivity index (χ0v) is 9.76. The maximum atomic E-state index is 11.9. The van der Waals surface area contributed by atoms with Gasteiger partial charge in [0.25, 0.3) is 5.91 Å². The molecule has 2 N–H and O–H groups in total. The van der Waals surface area contributed by atoms with Gasteiger partial charge in [0.05, 0.1) is 23.3 Å². The molecule has 16 heavy (non-hydrogen) atoms. The maximum absolute atomic E-state index is 11.9. The Morgan fingerprint density at radius 2 is 2.44 bits per heavy atom. The number of rotatable bonds is 3. The van der Waals surface area contributed by atoms with Gasteiger partial charge < -0.3 is 5.32 Å². The van der Waals surface area contributed by atoms with E-state index in [-0.39, 0.29) is 5.91 Å². The summed E-state index contributed by atoms with van der Waals surface area (Å²) in [5, 5.41) is 13.2. The normalized spacial score (nSPS) is 10.4. The minimum absolute atomic E-state index is 0.184. The second kappa shape index (κ2) is 4.40. The number of nitrogens with one attached hydrogen (secondary N) is 2. The predicted octanol–water partition coefficient (Wildman–Crippen LogP) is 1.38.